The van der Waals surface area contributed by atoms with Crippen molar-refractivity contribution in [2.24, 2.45) is 0 Å². The van der Waals surface area contributed by atoms with Crippen LogP contribution in [0.5, 0.6) is 0 Å². The highest BCUT2D eigenvalue weighted by atomic mass is 14.0. The zero-order valence-electron chi connectivity index (χ0n) is 8.83. The molecule has 72 valence electrons. The van der Waals surface area contributed by atoms with Crippen LogP contribution in [0.15, 0.2) is 55.1 Å². The summed E-state index contributed by atoms with van der Waals surface area (Å²) in [6.07, 6.45) is 8.02. The lowest BCUT2D eigenvalue weighted by Crippen LogP contribution is -1.84. The molecule has 0 heteroatoms. The van der Waals surface area contributed by atoms with E-state index in [4.69, 9.17) is 0 Å². The Morgan fingerprint density at radius 2 is 2.00 bits per heavy atom. The molecule has 1 aromatic carbocycles. The van der Waals surface area contributed by atoms with Gasteiger partial charge in [-0.3, -0.25) is 0 Å². The fourth-order valence-corrected chi connectivity index (χ4v) is 1.36. The number of hydrogen-bond acceptors (Lipinski definition) is 0. The SMILES string of the molecule is C=CC(=CC=CC)c1ccccc1C. The first-order valence-corrected chi connectivity index (χ1v) is 4.81. The molecule has 0 spiro atoms. The van der Waals surface area contributed by atoms with Gasteiger partial charge >= 0.3 is 0 Å². The lowest BCUT2D eigenvalue weighted by atomic mass is 10.0. The van der Waals surface area contributed by atoms with Gasteiger partial charge in [0.15, 0.2) is 0 Å². The molecule has 1 aromatic rings. The zero-order chi connectivity index (χ0) is 10.4. The van der Waals surface area contributed by atoms with E-state index in [9.17, 15) is 0 Å². The smallest absolute Gasteiger partial charge is 0.0155 e. The summed E-state index contributed by atoms with van der Waals surface area (Å²) in [5, 5.41) is 0. The third-order valence-corrected chi connectivity index (χ3v) is 2.14. The first-order valence-electron chi connectivity index (χ1n) is 4.81. The summed E-state index contributed by atoms with van der Waals surface area (Å²) in [6.45, 7) is 7.95. The number of hydrogen-bond donors (Lipinski definition) is 0. The lowest BCUT2D eigenvalue weighted by molar-refractivity contribution is 1.43. The molecule has 0 fully saturated rings. The van der Waals surface area contributed by atoms with Gasteiger partial charge in [-0.25, -0.2) is 0 Å². The molecule has 14 heavy (non-hydrogen) atoms. The molecule has 0 saturated carbocycles. The number of benzene rings is 1. The van der Waals surface area contributed by atoms with Crippen LogP contribution in [0.4, 0.5) is 0 Å². The first-order chi connectivity index (χ1) is 6.79. The van der Waals surface area contributed by atoms with Crippen LogP contribution in [0.2, 0.25) is 0 Å². The molecule has 0 bridgehead atoms. The summed E-state index contributed by atoms with van der Waals surface area (Å²) < 4.78 is 0. The van der Waals surface area contributed by atoms with E-state index in [-0.39, 0.29) is 0 Å². The van der Waals surface area contributed by atoms with E-state index in [1.807, 2.05) is 25.2 Å². The van der Waals surface area contributed by atoms with Gasteiger partial charge in [0.25, 0.3) is 0 Å². The Balaban J connectivity index is 3.13. The second-order valence-electron chi connectivity index (χ2n) is 3.17. The molecule has 0 aromatic heterocycles. The van der Waals surface area contributed by atoms with Crippen LogP contribution >= 0.6 is 0 Å². The predicted molar refractivity (Wildman–Crippen MR) is 64.2 cm³/mol. The highest BCUT2D eigenvalue weighted by Gasteiger charge is 1.98. The maximum atomic E-state index is 3.83. The lowest BCUT2D eigenvalue weighted by Gasteiger charge is -2.05. The van der Waals surface area contributed by atoms with E-state index in [1.54, 1.807) is 0 Å². The molecule has 0 aliphatic carbocycles. The van der Waals surface area contributed by atoms with Crippen molar-refractivity contribution in [3.8, 4) is 0 Å². The molecule has 0 saturated heterocycles. The Kier molecular flexibility index (Phi) is 3.93. The van der Waals surface area contributed by atoms with Crippen molar-refractivity contribution in [2.45, 2.75) is 13.8 Å². The van der Waals surface area contributed by atoms with Crippen molar-refractivity contribution in [2.75, 3.05) is 0 Å². The summed E-state index contributed by atoms with van der Waals surface area (Å²) in [6, 6.07) is 8.33. The van der Waals surface area contributed by atoms with Crippen LogP contribution in [0.3, 0.4) is 0 Å². The Morgan fingerprint density at radius 3 is 2.57 bits per heavy atom. The minimum atomic E-state index is 1.17. The average Bonchev–Trinajstić information content (AvgIpc) is 2.21. The van der Waals surface area contributed by atoms with Gasteiger partial charge < -0.3 is 0 Å². The average molecular weight is 184 g/mol. The van der Waals surface area contributed by atoms with Crippen LogP contribution in [-0.2, 0) is 0 Å². The highest BCUT2D eigenvalue weighted by Crippen LogP contribution is 2.19. The van der Waals surface area contributed by atoms with E-state index in [2.05, 4.69) is 43.8 Å². The number of allylic oxidation sites excluding steroid dienone is 5. The van der Waals surface area contributed by atoms with Crippen molar-refractivity contribution in [3.63, 3.8) is 0 Å². The molecule has 0 nitrogen and oxygen atoms in total. The van der Waals surface area contributed by atoms with Crippen molar-refractivity contribution >= 4 is 5.57 Å². The summed E-state index contributed by atoms with van der Waals surface area (Å²) in [7, 11) is 0. The maximum Gasteiger partial charge on any atom is -0.0155 e. The van der Waals surface area contributed by atoms with Gasteiger partial charge in [-0.1, -0.05) is 55.1 Å². The van der Waals surface area contributed by atoms with Gasteiger partial charge in [0.2, 0.25) is 0 Å². The number of rotatable bonds is 3. The van der Waals surface area contributed by atoms with Crippen molar-refractivity contribution < 1.29 is 0 Å². The molecule has 0 atom stereocenters. The van der Waals surface area contributed by atoms with Crippen LogP contribution in [0, 0.1) is 6.92 Å². The molecule has 0 aliphatic heterocycles. The van der Waals surface area contributed by atoms with Crippen molar-refractivity contribution in [1.82, 2.24) is 0 Å². The zero-order valence-corrected chi connectivity index (χ0v) is 8.83. The molecular formula is C14H16. The second-order valence-corrected chi connectivity index (χ2v) is 3.17. The minimum Gasteiger partial charge on any atom is -0.0984 e. The van der Waals surface area contributed by atoms with E-state index in [0.717, 1.165) is 0 Å². The third-order valence-electron chi connectivity index (χ3n) is 2.14. The van der Waals surface area contributed by atoms with Gasteiger partial charge in [-0.2, -0.15) is 0 Å². The monoisotopic (exact) mass is 184 g/mol. The number of aryl methyl sites for hydroxylation is 1. The van der Waals surface area contributed by atoms with E-state index in [0.29, 0.717) is 0 Å². The van der Waals surface area contributed by atoms with Gasteiger partial charge in [0.05, 0.1) is 0 Å². The van der Waals surface area contributed by atoms with E-state index in [1.165, 1.54) is 16.7 Å². The molecule has 0 amide bonds. The fraction of sp³-hybridized carbons (Fsp3) is 0.143. The second kappa shape index (κ2) is 5.23. The molecule has 0 unspecified atom stereocenters. The van der Waals surface area contributed by atoms with Gasteiger partial charge in [0, 0.05) is 0 Å². The molecular weight excluding hydrogens is 168 g/mol. The van der Waals surface area contributed by atoms with Crippen LogP contribution in [0.1, 0.15) is 18.1 Å². The molecule has 1 rings (SSSR count). The summed E-state index contributed by atoms with van der Waals surface area (Å²) in [4.78, 5) is 0. The predicted octanol–water partition coefficient (Wildman–Crippen LogP) is 4.14. The molecule has 0 aliphatic rings. The normalized spacial score (nSPS) is 12.0. The Bertz CT molecular complexity index is 367. The van der Waals surface area contributed by atoms with E-state index >= 15 is 0 Å². The van der Waals surface area contributed by atoms with Crippen LogP contribution in [0.25, 0.3) is 5.57 Å². The van der Waals surface area contributed by atoms with Crippen molar-refractivity contribution in [3.05, 3.63) is 66.3 Å². The Morgan fingerprint density at radius 1 is 1.29 bits per heavy atom. The Labute approximate surface area is 86.3 Å². The fourth-order valence-electron chi connectivity index (χ4n) is 1.36. The van der Waals surface area contributed by atoms with Gasteiger partial charge in [-0.15, -0.1) is 0 Å². The summed E-state index contributed by atoms with van der Waals surface area (Å²) in [5.41, 5.74) is 3.70. The highest BCUT2D eigenvalue weighted by molar-refractivity contribution is 5.76. The molecule has 0 radical (unpaired) electrons. The quantitative estimate of drug-likeness (QED) is 0.619. The first kappa shape index (κ1) is 10.5. The summed E-state index contributed by atoms with van der Waals surface area (Å²) >= 11 is 0. The molecule has 0 heterocycles. The van der Waals surface area contributed by atoms with Crippen LogP contribution < -0.4 is 0 Å². The largest absolute Gasteiger partial charge is 0.0984 e. The third kappa shape index (κ3) is 2.46. The van der Waals surface area contributed by atoms with Gasteiger partial charge in [-0.05, 0) is 30.5 Å². The standard InChI is InChI=1S/C14H16/c1-4-6-10-13(5-2)14-11-8-7-9-12(14)3/h4-11H,2H2,1,3H3. The van der Waals surface area contributed by atoms with E-state index < -0.39 is 0 Å². The van der Waals surface area contributed by atoms with Crippen molar-refractivity contribution in [1.29, 1.82) is 0 Å². The van der Waals surface area contributed by atoms with Crippen LogP contribution in [-0.4, -0.2) is 0 Å². The topological polar surface area (TPSA) is 0 Å². The maximum absolute atomic E-state index is 3.83. The Hall–Kier alpha value is -1.56. The molecule has 0 N–H and O–H groups in total. The van der Waals surface area contributed by atoms with Gasteiger partial charge in [0.1, 0.15) is 0 Å². The summed E-state index contributed by atoms with van der Waals surface area (Å²) in [5.74, 6) is 0. The minimum absolute atomic E-state index is 1.17.